The summed E-state index contributed by atoms with van der Waals surface area (Å²) in [5, 5.41) is 0.882. The van der Waals surface area contributed by atoms with Gasteiger partial charge in [0.05, 0.1) is 0 Å². The van der Waals surface area contributed by atoms with Gasteiger partial charge in [0, 0.05) is 0 Å². The van der Waals surface area contributed by atoms with Crippen LogP contribution in [0, 0.1) is 0 Å². The van der Waals surface area contributed by atoms with Crippen LogP contribution in [0.15, 0.2) is 0 Å². The molecule has 0 aromatic rings. The quantitative estimate of drug-likeness (QED) is 0.511. The van der Waals surface area contributed by atoms with E-state index >= 15 is 0 Å². The predicted molar refractivity (Wildman–Crippen MR) is 111 cm³/mol. The van der Waals surface area contributed by atoms with Crippen LogP contribution in [-0.2, 0) is 0 Å². The largest absolute Gasteiger partial charge is 0.347 e. The van der Waals surface area contributed by atoms with Gasteiger partial charge in [0.1, 0.15) is 0 Å². The van der Waals surface area contributed by atoms with Crippen LogP contribution < -0.4 is 0 Å². The zero-order valence-corrected chi connectivity index (χ0v) is 18.9. The lowest BCUT2D eigenvalue weighted by Gasteiger charge is -2.64. The molecule has 0 amide bonds. The van der Waals surface area contributed by atoms with Crippen molar-refractivity contribution in [2.24, 2.45) is 0 Å². The summed E-state index contributed by atoms with van der Waals surface area (Å²) in [7, 11) is 4.65. The third kappa shape index (κ3) is 4.11. The van der Waals surface area contributed by atoms with Gasteiger partial charge in [0.2, 0.25) is 12.9 Å². The molecule has 0 radical (unpaired) electrons. The Morgan fingerprint density at radius 1 is 0.682 bits per heavy atom. The van der Waals surface area contributed by atoms with Crippen molar-refractivity contribution < 1.29 is 0 Å². The second-order valence-corrected chi connectivity index (χ2v) is 17.2. The fraction of sp³-hybridized carbons (Fsp3) is 1.00. The molecule has 1 fully saturated rings. The topological polar surface area (TPSA) is 6.48 Å². The van der Waals surface area contributed by atoms with E-state index in [9.17, 15) is 0 Å². The zero-order valence-electron chi connectivity index (χ0n) is 17.1. The van der Waals surface area contributed by atoms with E-state index in [1.165, 1.54) is 0 Å². The molecule has 2 nitrogen and oxygen atoms in total. The number of hydrogen-bond acceptors (Lipinski definition) is 2. The van der Waals surface area contributed by atoms with Gasteiger partial charge >= 0.3 is 0 Å². The van der Waals surface area contributed by atoms with Gasteiger partial charge in [0.25, 0.3) is 0 Å². The highest BCUT2D eigenvalue weighted by Gasteiger charge is 2.65. The Morgan fingerprint density at radius 2 is 1.00 bits per heavy atom. The van der Waals surface area contributed by atoms with Gasteiger partial charge in [-0.3, -0.25) is 0 Å². The van der Waals surface area contributed by atoms with Gasteiger partial charge in [0.15, 0.2) is 0 Å². The first-order valence-electron chi connectivity index (χ1n) is 8.73. The molecule has 1 aliphatic rings. The Balaban J connectivity index is 3.32. The maximum atomic E-state index is 2.81. The molecule has 1 aliphatic heterocycles. The van der Waals surface area contributed by atoms with Crippen molar-refractivity contribution in [2.45, 2.75) is 91.6 Å². The van der Waals surface area contributed by atoms with Crippen molar-refractivity contribution in [1.82, 2.24) is 9.62 Å². The van der Waals surface area contributed by atoms with E-state index in [4.69, 9.17) is 0 Å². The highest BCUT2D eigenvalue weighted by atomic mass is 32.1. The van der Waals surface area contributed by atoms with Crippen molar-refractivity contribution in [3.63, 3.8) is 0 Å². The standard InChI is InChI=1S/C16H38B2N2P2/c1-13(2)20(14(3)4)18-17(19(11)12)21(15(5,6)7)22(18)16(8,9)10/h13-14H,1-12H3. The van der Waals surface area contributed by atoms with Crippen LogP contribution in [0.1, 0.15) is 69.2 Å². The van der Waals surface area contributed by atoms with E-state index in [2.05, 4.69) is 93.0 Å². The zero-order chi connectivity index (χ0) is 17.6. The second kappa shape index (κ2) is 7.03. The third-order valence-corrected chi connectivity index (χ3v) is 16.6. The number of nitrogens with zero attached hydrogens (tertiary/aromatic N) is 2. The minimum absolute atomic E-state index is 0.0193. The molecule has 0 aromatic carbocycles. The second-order valence-electron chi connectivity index (χ2n) is 9.46. The highest BCUT2D eigenvalue weighted by Crippen LogP contribution is 2.90. The molecular formula is C16H38B2N2P2. The molecule has 0 bridgehead atoms. The van der Waals surface area contributed by atoms with Gasteiger partial charge in [-0.15, -0.1) is 15.0 Å². The van der Waals surface area contributed by atoms with Crippen LogP contribution in [0.5, 0.6) is 0 Å². The summed E-state index contributed by atoms with van der Waals surface area (Å²) in [5.41, 5.74) is 0. The molecule has 128 valence electrons. The number of rotatable bonds is 4. The minimum atomic E-state index is 0.0193. The number of hydrogen-bond donors (Lipinski definition) is 0. The van der Waals surface area contributed by atoms with Crippen molar-refractivity contribution in [3.8, 4) is 0 Å². The minimum Gasteiger partial charge on any atom is -0.347 e. The lowest BCUT2D eigenvalue weighted by atomic mass is 9.48. The third-order valence-electron chi connectivity index (χ3n) is 4.40. The molecule has 2 unspecified atom stereocenters. The molecule has 1 heterocycles. The van der Waals surface area contributed by atoms with E-state index in [1.807, 2.05) is 0 Å². The monoisotopic (exact) mass is 342 g/mol. The molecular weight excluding hydrogens is 304 g/mol. The molecule has 6 heteroatoms. The van der Waals surface area contributed by atoms with Gasteiger partial charge in [-0.2, -0.15) is 0 Å². The van der Waals surface area contributed by atoms with Crippen LogP contribution in [0.25, 0.3) is 0 Å². The van der Waals surface area contributed by atoms with Crippen molar-refractivity contribution in [1.29, 1.82) is 0 Å². The Labute approximate surface area is 143 Å². The van der Waals surface area contributed by atoms with Crippen molar-refractivity contribution >= 4 is 27.9 Å². The first-order chi connectivity index (χ1) is 9.71. The average Bonchev–Trinajstić information content (AvgIpc) is 2.16. The van der Waals surface area contributed by atoms with Gasteiger partial charge in [-0.1, -0.05) is 69.2 Å². The molecule has 1 saturated heterocycles. The van der Waals surface area contributed by atoms with Crippen LogP contribution in [0.4, 0.5) is 0 Å². The van der Waals surface area contributed by atoms with E-state index < -0.39 is 0 Å². The molecule has 0 aliphatic carbocycles. The molecule has 1 rings (SSSR count). The summed E-state index contributed by atoms with van der Waals surface area (Å²) in [6.45, 7) is 25.9. The van der Waals surface area contributed by atoms with E-state index in [0.29, 0.717) is 22.4 Å². The van der Waals surface area contributed by atoms with Crippen molar-refractivity contribution in [2.75, 3.05) is 14.1 Å². The first kappa shape index (κ1) is 21.0. The molecule has 0 aromatic heterocycles. The Hall–Kier alpha value is 0.910. The average molecular weight is 342 g/mol. The van der Waals surface area contributed by atoms with Crippen LogP contribution in [0.3, 0.4) is 0 Å². The van der Waals surface area contributed by atoms with Crippen LogP contribution in [0.2, 0.25) is 0 Å². The smallest absolute Gasteiger partial charge is 0.248 e. The van der Waals surface area contributed by atoms with E-state index in [0.717, 1.165) is 12.9 Å². The highest BCUT2D eigenvalue weighted by molar-refractivity contribution is 8.67. The Kier molecular flexibility index (Phi) is 6.70. The Morgan fingerprint density at radius 3 is 1.23 bits per heavy atom. The van der Waals surface area contributed by atoms with Crippen molar-refractivity contribution in [3.05, 3.63) is 0 Å². The normalized spacial score (nSPS) is 24.0. The molecule has 2 atom stereocenters. The summed E-state index contributed by atoms with van der Waals surface area (Å²) in [4.78, 5) is 5.34. The van der Waals surface area contributed by atoms with Gasteiger partial charge in [-0.25, -0.2) is 0 Å². The summed E-state index contributed by atoms with van der Waals surface area (Å²) in [5.74, 6) is 0. The summed E-state index contributed by atoms with van der Waals surface area (Å²) < 4.78 is 0. The lowest BCUT2D eigenvalue weighted by Crippen LogP contribution is -2.67. The maximum absolute atomic E-state index is 2.81. The summed E-state index contributed by atoms with van der Waals surface area (Å²) in [6, 6.07) is 1.24. The Bertz CT molecular complexity index is 367. The van der Waals surface area contributed by atoms with E-state index in [-0.39, 0.29) is 15.0 Å². The molecule has 0 N–H and O–H groups in total. The molecule has 0 saturated carbocycles. The van der Waals surface area contributed by atoms with Crippen LogP contribution >= 0.6 is 15.0 Å². The van der Waals surface area contributed by atoms with Gasteiger partial charge < -0.3 is 9.62 Å². The predicted octanol–water partition coefficient (Wildman–Crippen LogP) is 5.21. The first-order valence-corrected chi connectivity index (χ1v) is 12.3. The van der Waals surface area contributed by atoms with Crippen LogP contribution in [-0.4, -0.2) is 59.0 Å². The fourth-order valence-electron chi connectivity index (χ4n) is 3.85. The molecule has 0 spiro atoms. The summed E-state index contributed by atoms with van der Waals surface area (Å²) >= 11 is 0. The lowest BCUT2D eigenvalue weighted by molar-refractivity contribution is 0.313. The fourth-order valence-corrected chi connectivity index (χ4v) is 16.3. The van der Waals surface area contributed by atoms with E-state index in [1.54, 1.807) is 0 Å². The maximum Gasteiger partial charge on any atom is 0.248 e. The van der Waals surface area contributed by atoms with Gasteiger partial charge in [-0.05, 0) is 36.5 Å². The SMILES string of the molecule is CC(C)N(B1B(N(C)C)P(C(C)(C)C)P1C(C)(C)C)C(C)C. The molecule has 22 heavy (non-hydrogen) atoms. The summed E-state index contributed by atoms with van der Waals surface area (Å²) in [6.07, 6.45) is 0.